The highest BCUT2D eigenvalue weighted by atomic mass is 32.2. The first-order valence-corrected chi connectivity index (χ1v) is 17.8. The second kappa shape index (κ2) is 11.1. The number of hydrogen-bond donors (Lipinski definition) is 1. The van der Waals surface area contributed by atoms with E-state index in [0.717, 1.165) is 16.5 Å². The van der Waals surface area contributed by atoms with Crippen molar-refractivity contribution in [1.29, 1.82) is 0 Å². The average molecular weight is 691 g/mol. The molecule has 4 heterocycles. The Balaban J connectivity index is 1.36. The first-order chi connectivity index (χ1) is 22.6. The normalized spacial score (nSPS) is 19.6. The molecule has 1 fully saturated rings. The summed E-state index contributed by atoms with van der Waals surface area (Å²) >= 11 is 1.22. The van der Waals surface area contributed by atoms with Crippen LogP contribution in [0.15, 0.2) is 73.0 Å². The molecular formula is C35H35FN4O6S2. The number of aromatic nitrogens is 4. The zero-order valence-electron chi connectivity index (χ0n) is 27.2. The van der Waals surface area contributed by atoms with Crippen LogP contribution in [0.4, 0.5) is 9.18 Å². The number of carbonyl (C=O) groups is 1. The molecule has 48 heavy (non-hydrogen) atoms. The summed E-state index contributed by atoms with van der Waals surface area (Å²) < 4.78 is 57.7. The predicted molar refractivity (Wildman–Crippen MR) is 183 cm³/mol. The van der Waals surface area contributed by atoms with Crippen molar-refractivity contribution in [1.82, 2.24) is 18.5 Å². The lowest BCUT2D eigenvalue weighted by Gasteiger charge is -2.34. The topological polar surface area (TPSA) is 126 Å². The number of hydrogen-bond acceptors (Lipinski definition) is 9. The summed E-state index contributed by atoms with van der Waals surface area (Å²) in [6.45, 7) is 6.77. The van der Waals surface area contributed by atoms with Gasteiger partial charge in [-0.2, -0.15) is 0 Å². The Labute approximate surface area is 281 Å². The number of halogens is 1. The fourth-order valence-corrected chi connectivity index (χ4v) is 9.06. The maximum absolute atomic E-state index is 16.0. The van der Waals surface area contributed by atoms with E-state index in [1.54, 1.807) is 69.4 Å². The van der Waals surface area contributed by atoms with E-state index in [2.05, 4.69) is 9.97 Å². The first-order valence-electron chi connectivity index (χ1n) is 15.6. The van der Waals surface area contributed by atoms with Crippen molar-refractivity contribution >= 4 is 55.0 Å². The standard InChI is InChI=1S/C35H35FN4O6S2/c1-33(2,3)46-32(41)39-20-25(24-17-22(45-5)9-10-27(24)39)28-16-21-8-6-15-37-30(21)40(28)48(43,44)34(4)14-11-23(26(36)18-34)29-19-38-31(47-29)35(42)12-7-13-35/h6,8-11,15-20,42H,7,12-14H2,1-5H3. The van der Waals surface area contributed by atoms with E-state index in [1.807, 2.05) is 0 Å². The van der Waals surface area contributed by atoms with Gasteiger partial charge in [0.15, 0.2) is 5.65 Å². The Bertz CT molecular complexity index is 2290. The first kappa shape index (κ1) is 32.2. The van der Waals surface area contributed by atoms with Gasteiger partial charge in [0.05, 0.1) is 23.2 Å². The number of nitrogens with zero attached hydrogens (tertiary/aromatic N) is 4. The number of aliphatic hydroxyl groups is 1. The van der Waals surface area contributed by atoms with E-state index < -0.39 is 37.9 Å². The number of rotatable bonds is 6. The molecule has 4 aromatic heterocycles. The van der Waals surface area contributed by atoms with Crippen LogP contribution in [0.2, 0.25) is 0 Å². The smallest absolute Gasteiger partial charge is 0.419 e. The molecule has 2 aliphatic carbocycles. The third-order valence-electron chi connectivity index (χ3n) is 8.98. The molecule has 1 saturated carbocycles. The molecule has 250 valence electrons. The number of benzene rings is 1. The van der Waals surface area contributed by atoms with Gasteiger partial charge in [-0.1, -0.05) is 6.08 Å². The highest BCUT2D eigenvalue weighted by Gasteiger charge is 2.44. The Morgan fingerprint density at radius 3 is 2.58 bits per heavy atom. The van der Waals surface area contributed by atoms with Gasteiger partial charge in [-0.25, -0.2) is 31.5 Å². The molecular weight excluding hydrogens is 656 g/mol. The minimum absolute atomic E-state index is 0.0327. The molecule has 5 aromatic rings. The SMILES string of the molecule is COc1ccc2c(c1)c(-c1cc3cccnc3n1S(=O)(=O)C1(C)C=C(F)C(c3cnc(C4(O)CCC4)s3)=CC1)cn2C(=O)OC(C)(C)C. The van der Waals surface area contributed by atoms with Crippen LogP contribution in [-0.2, 0) is 20.4 Å². The van der Waals surface area contributed by atoms with Gasteiger partial charge in [0.25, 0.3) is 0 Å². The molecule has 0 spiro atoms. The summed E-state index contributed by atoms with van der Waals surface area (Å²) in [5.41, 5.74) is -0.196. The Morgan fingerprint density at radius 1 is 1.15 bits per heavy atom. The van der Waals surface area contributed by atoms with Crippen molar-refractivity contribution in [2.45, 2.75) is 69.3 Å². The van der Waals surface area contributed by atoms with E-state index in [-0.39, 0.29) is 23.3 Å². The van der Waals surface area contributed by atoms with Crippen molar-refractivity contribution in [2.75, 3.05) is 7.11 Å². The monoisotopic (exact) mass is 690 g/mol. The lowest BCUT2D eigenvalue weighted by Crippen LogP contribution is -2.39. The van der Waals surface area contributed by atoms with Crippen molar-refractivity contribution in [3.63, 3.8) is 0 Å². The van der Waals surface area contributed by atoms with Crippen LogP contribution in [0.1, 0.15) is 63.3 Å². The van der Waals surface area contributed by atoms with Crippen molar-refractivity contribution in [3.05, 3.63) is 82.9 Å². The molecule has 1 atom stereocenters. The van der Waals surface area contributed by atoms with Crippen LogP contribution in [0, 0.1) is 0 Å². The number of allylic oxidation sites excluding steroid dienone is 3. The van der Waals surface area contributed by atoms with Gasteiger partial charge < -0.3 is 14.6 Å². The molecule has 0 saturated heterocycles. The minimum atomic E-state index is -4.41. The molecule has 0 aliphatic heterocycles. The summed E-state index contributed by atoms with van der Waals surface area (Å²) in [5, 5.41) is 12.4. The number of methoxy groups -OCH3 is 1. The Morgan fingerprint density at radius 2 is 1.92 bits per heavy atom. The van der Waals surface area contributed by atoms with E-state index in [9.17, 15) is 18.3 Å². The van der Waals surface area contributed by atoms with Crippen molar-refractivity contribution in [2.24, 2.45) is 0 Å². The molecule has 1 N–H and O–H groups in total. The lowest BCUT2D eigenvalue weighted by atomic mass is 9.81. The molecule has 0 amide bonds. The van der Waals surface area contributed by atoms with Gasteiger partial charge in [-0.05, 0) is 95.9 Å². The van der Waals surface area contributed by atoms with E-state index in [0.29, 0.717) is 50.3 Å². The third-order valence-corrected chi connectivity index (χ3v) is 12.5. The van der Waals surface area contributed by atoms with E-state index >= 15 is 4.39 Å². The van der Waals surface area contributed by atoms with Crippen LogP contribution < -0.4 is 4.74 Å². The van der Waals surface area contributed by atoms with Gasteiger partial charge in [-0.15, -0.1) is 11.3 Å². The summed E-state index contributed by atoms with van der Waals surface area (Å²) in [6.07, 6.45) is 8.75. The second-order valence-electron chi connectivity index (χ2n) is 13.5. The maximum Gasteiger partial charge on any atom is 0.419 e. The van der Waals surface area contributed by atoms with Gasteiger partial charge in [-0.3, -0.25) is 4.57 Å². The van der Waals surface area contributed by atoms with Crippen LogP contribution in [0.3, 0.4) is 0 Å². The van der Waals surface area contributed by atoms with Crippen molar-refractivity contribution < 1.29 is 32.2 Å². The summed E-state index contributed by atoms with van der Waals surface area (Å²) in [6, 6.07) is 10.3. The van der Waals surface area contributed by atoms with Gasteiger partial charge >= 0.3 is 6.09 Å². The fraction of sp³-hybridized carbons (Fsp3) is 0.343. The number of pyridine rings is 1. The average Bonchev–Trinajstić information content (AvgIpc) is 3.74. The minimum Gasteiger partial charge on any atom is -0.497 e. The van der Waals surface area contributed by atoms with Gasteiger partial charge in [0.2, 0.25) is 10.0 Å². The number of ether oxygens (including phenoxy) is 2. The molecule has 10 nitrogen and oxygen atoms in total. The van der Waals surface area contributed by atoms with Crippen LogP contribution in [0.25, 0.3) is 38.8 Å². The second-order valence-corrected chi connectivity index (χ2v) is 16.8. The molecule has 7 rings (SSSR count). The van der Waals surface area contributed by atoms with Crippen LogP contribution in [-0.4, -0.2) is 55.6 Å². The van der Waals surface area contributed by atoms with Crippen LogP contribution >= 0.6 is 11.3 Å². The highest BCUT2D eigenvalue weighted by Crippen LogP contribution is 2.46. The van der Waals surface area contributed by atoms with Crippen molar-refractivity contribution in [3.8, 4) is 17.0 Å². The van der Waals surface area contributed by atoms with Crippen LogP contribution in [0.5, 0.6) is 5.75 Å². The van der Waals surface area contributed by atoms with Gasteiger partial charge in [0, 0.05) is 40.5 Å². The van der Waals surface area contributed by atoms with E-state index in [4.69, 9.17) is 9.47 Å². The van der Waals surface area contributed by atoms with E-state index in [1.165, 1.54) is 42.3 Å². The molecule has 0 radical (unpaired) electrons. The third kappa shape index (κ3) is 5.15. The zero-order chi connectivity index (χ0) is 34.2. The highest BCUT2D eigenvalue weighted by molar-refractivity contribution is 7.91. The van der Waals surface area contributed by atoms with Gasteiger partial charge in [0.1, 0.15) is 32.5 Å². The largest absolute Gasteiger partial charge is 0.497 e. The zero-order valence-corrected chi connectivity index (χ0v) is 28.8. The number of fused-ring (bicyclic) bond motifs is 2. The molecule has 1 aromatic carbocycles. The lowest BCUT2D eigenvalue weighted by molar-refractivity contribution is -0.0389. The maximum atomic E-state index is 16.0. The Hall–Kier alpha value is -4.33. The molecule has 1 unspecified atom stereocenters. The number of carbonyl (C=O) groups excluding carboxylic acids is 1. The molecule has 13 heteroatoms. The summed E-state index contributed by atoms with van der Waals surface area (Å²) in [5.74, 6) is -0.188. The quantitative estimate of drug-likeness (QED) is 0.194. The Kier molecular flexibility index (Phi) is 7.46. The fourth-order valence-electron chi connectivity index (χ4n) is 6.20. The predicted octanol–water partition coefficient (Wildman–Crippen LogP) is 7.56. The summed E-state index contributed by atoms with van der Waals surface area (Å²) in [7, 11) is -2.90. The number of thiazole rings is 1. The molecule has 0 bridgehead atoms. The summed E-state index contributed by atoms with van der Waals surface area (Å²) in [4.78, 5) is 22.7. The molecule has 2 aliphatic rings.